The molecule has 0 radical (unpaired) electrons. The third-order valence-electron chi connectivity index (χ3n) is 3.14. The monoisotopic (exact) mass is 210 g/mol. The lowest BCUT2D eigenvalue weighted by atomic mass is 9.97. The van der Waals surface area contributed by atoms with Gasteiger partial charge in [0, 0.05) is 6.42 Å². The Balaban J connectivity index is 2.02. The first-order chi connectivity index (χ1) is 7.11. The zero-order valence-corrected chi connectivity index (χ0v) is 9.36. The fraction of sp³-hybridized carbons (Fsp3) is 0.818. The normalized spacial score (nSPS) is 31.0. The SMILES string of the molecule is CCc1noc(CC2(O)CCC(C)C2)n1. The van der Waals surface area contributed by atoms with E-state index < -0.39 is 5.60 Å². The predicted octanol–water partition coefficient (Wildman–Crippen LogP) is 1.73. The molecule has 1 fully saturated rings. The van der Waals surface area contributed by atoms with Gasteiger partial charge in [0.15, 0.2) is 5.82 Å². The largest absolute Gasteiger partial charge is 0.389 e. The molecule has 1 heterocycles. The summed E-state index contributed by atoms with van der Waals surface area (Å²) in [5, 5.41) is 14.1. The molecule has 0 spiro atoms. The van der Waals surface area contributed by atoms with Gasteiger partial charge in [-0.05, 0) is 25.2 Å². The van der Waals surface area contributed by atoms with Crippen LogP contribution in [0.2, 0.25) is 0 Å². The Hall–Kier alpha value is -0.900. The zero-order valence-electron chi connectivity index (χ0n) is 9.36. The van der Waals surface area contributed by atoms with Crippen molar-refractivity contribution in [1.82, 2.24) is 10.1 Å². The van der Waals surface area contributed by atoms with E-state index >= 15 is 0 Å². The molecule has 0 amide bonds. The molecule has 1 N–H and O–H groups in total. The molecular formula is C11H18N2O2. The van der Waals surface area contributed by atoms with Crippen LogP contribution in [-0.4, -0.2) is 20.8 Å². The first kappa shape index (κ1) is 10.6. The van der Waals surface area contributed by atoms with Gasteiger partial charge in [-0.15, -0.1) is 0 Å². The zero-order chi connectivity index (χ0) is 10.9. The molecule has 2 unspecified atom stereocenters. The predicted molar refractivity (Wildman–Crippen MR) is 55.3 cm³/mol. The van der Waals surface area contributed by atoms with Crippen molar-refractivity contribution in [2.75, 3.05) is 0 Å². The van der Waals surface area contributed by atoms with E-state index in [0.717, 1.165) is 31.5 Å². The van der Waals surface area contributed by atoms with Gasteiger partial charge in [-0.25, -0.2) is 0 Å². The van der Waals surface area contributed by atoms with E-state index in [1.54, 1.807) is 0 Å². The summed E-state index contributed by atoms with van der Waals surface area (Å²) in [5.74, 6) is 1.90. The Morgan fingerprint density at radius 1 is 1.60 bits per heavy atom. The molecule has 0 saturated heterocycles. The Morgan fingerprint density at radius 3 is 2.93 bits per heavy atom. The number of hydrogen-bond donors (Lipinski definition) is 1. The van der Waals surface area contributed by atoms with Crippen molar-refractivity contribution < 1.29 is 9.63 Å². The molecule has 84 valence electrons. The van der Waals surface area contributed by atoms with Gasteiger partial charge in [-0.3, -0.25) is 0 Å². The molecule has 2 atom stereocenters. The van der Waals surface area contributed by atoms with Crippen LogP contribution < -0.4 is 0 Å². The highest BCUT2D eigenvalue weighted by Gasteiger charge is 2.36. The van der Waals surface area contributed by atoms with Gasteiger partial charge in [-0.2, -0.15) is 4.98 Å². The Labute approximate surface area is 89.7 Å². The second-order valence-electron chi connectivity index (χ2n) is 4.71. The van der Waals surface area contributed by atoms with E-state index in [-0.39, 0.29) is 0 Å². The molecule has 0 aliphatic heterocycles. The Kier molecular flexibility index (Phi) is 2.78. The molecule has 1 aliphatic rings. The van der Waals surface area contributed by atoms with Crippen LogP contribution in [0, 0.1) is 5.92 Å². The molecule has 2 rings (SSSR count). The molecule has 1 aliphatic carbocycles. The van der Waals surface area contributed by atoms with E-state index in [4.69, 9.17) is 4.52 Å². The molecule has 1 aromatic heterocycles. The number of hydrogen-bond acceptors (Lipinski definition) is 4. The van der Waals surface area contributed by atoms with Crippen LogP contribution in [0.3, 0.4) is 0 Å². The van der Waals surface area contributed by atoms with E-state index in [2.05, 4.69) is 17.1 Å². The van der Waals surface area contributed by atoms with Crippen LogP contribution in [-0.2, 0) is 12.8 Å². The quantitative estimate of drug-likeness (QED) is 0.825. The minimum atomic E-state index is -0.614. The molecule has 4 heteroatoms. The second-order valence-corrected chi connectivity index (χ2v) is 4.71. The van der Waals surface area contributed by atoms with E-state index in [0.29, 0.717) is 18.2 Å². The van der Waals surface area contributed by atoms with Crippen LogP contribution in [0.1, 0.15) is 44.8 Å². The summed E-state index contributed by atoms with van der Waals surface area (Å²) < 4.78 is 5.10. The third kappa shape index (κ3) is 2.37. The van der Waals surface area contributed by atoms with Gasteiger partial charge in [0.2, 0.25) is 5.89 Å². The fourth-order valence-electron chi connectivity index (χ4n) is 2.32. The summed E-state index contributed by atoms with van der Waals surface area (Å²) in [4.78, 5) is 4.22. The van der Waals surface area contributed by atoms with Crippen LogP contribution in [0.5, 0.6) is 0 Å². The molecule has 15 heavy (non-hydrogen) atoms. The number of aliphatic hydroxyl groups is 1. The van der Waals surface area contributed by atoms with Crippen LogP contribution in [0.4, 0.5) is 0 Å². The summed E-state index contributed by atoms with van der Waals surface area (Å²) in [6.07, 6.45) is 4.06. The van der Waals surface area contributed by atoms with Gasteiger partial charge in [0.05, 0.1) is 12.0 Å². The topological polar surface area (TPSA) is 59.2 Å². The minimum absolute atomic E-state index is 0.504. The molecular weight excluding hydrogens is 192 g/mol. The van der Waals surface area contributed by atoms with E-state index in [1.807, 2.05) is 6.92 Å². The standard InChI is InChI=1S/C11H18N2O2/c1-3-9-12-10(15-13-9)7-11(14)5-4-8(2)6-11/h8,14H,3-7H2,1-2H3. The van der Waals surface area contributed by atoms with Crippen LogP contribution >= 0.6 is 0 Å². The van der Waals surface area contributed by atoms with Crippen LogP contribution in [0.15, 0.2) is 4.52 Å². The van der Waals surface area contributed by atoms with Crippen molar-refractivity contribution in [2.45, 2.75) is 51.6 Å². The highest BCUT2D eigenvalue weighted by atomic mass is 16.5. The van der Waals surface area contributed by atoms with Gasteiger partial charge in [0.1, 0.15) is 0 Å². The number of aromatic nitrogens is 2. The van der Waals surface area contributed by atoms with Crippen LogP contribution in [0.25, 0.3) is 0 Å². The number of aryl methyl sites for hydroxylation is 1. The van der Waals surface area contributed by atoms with Crippen molar-refractivity contribution in [3.63, 3.8) is 0 Å². The first-order valence-electron chi connectivity index (χ1n) is 5.65. The summed E-state index contributed by atoms with van der Waals surface area (Å²) in [5.41, 5.74) is -0.614. The average molecular weight is 210 g/mol. The maximum Gasteiger partial charge on any atom is 0.229 e. The van der Waals surface area contributed by atoms with Crippen molar-refractivity contribution in [1.29, 1.82) is 0 Å². The number of nitrogens with zero attached hydrogens (tertiary/aromatic N) is 2. The van der Waals surface area contributed by atoms with Crippen molar-refractivity contribution >= 4 is 0 Å². The van der Waals surface area contributed by atoms with Gasteiger partial charge in [-0.1, -0.05) is 19.0 Å². The molecule has 1 saturated carbocycles. The second kappa shape index (κ2) is 3.93. The Bertz CT molecular complexity index is 337. The smallest absolute Gasteiger partial charge is 0.229 e. The molecule has 0 bridgehead atoms. The van der Waals surface area contributed by atoms with Gasteiger partial charge in [0.25, 0.3) is 0 Å². The van der Waals surface area contributed by atoms with E-state index in [1.165, 1.54) is 0 Å². The van der Waals surface area contributed by atoms with Crippen molar-refractivity contribution in [3.05, 3.63) is 11.7 Å². The maximum absolute atomic E-state index is 10.3. The number of rotatable bonds is 3. The van der Waals surface area contributed by atoms with Crippen molar-refractivity contribution in [2.24, 2.45) is 5.92 Å². The summed E-state index contributed by atoms with van der Waals surface area (Å²) in [7, 11) is 0. The fourth-order valence-corrected chi connectivity index (χ4v) is 2.32. The van der Waals surface area contributed by atoms with E-state index in [9.17, 15) is 5.11 Å². The summed E-state index contributed by atoms with van der Waals surface area (Å²) in [6, 6.07) is 0. The minimum Gasteiger partial charge on any atom is -0.389 e. The van der Waals surface area contributed by atoms with Gasteiger partial charge < -0.3 is 9.63 Å². The molecule has 0 aromatic carbocycles. The lowest BCUT2D eigenvalue weighted by Crippen LogP contribution is -2.27. The lowest BCUT2D eigenvalue weighted by molar-refractivity contribution is 0.0368. The highest BCUT2D eigenvalue weighted by molar-refractivity contribution is 4.97. The van der Waals surface area contributed by atoms with Gasteiger partial charge >= 0.3 is 0 Å². The summed E-state index contributed by atoms with van der Waals surface area (Å²) in [6.45, 7) is 4.16. The first-order valence-corrected chi connectivity index (χ1v) is 5.65. The molecule has 1 aromatic rings. The lowest BCUT2D eigenvalue weighted by Gasteiger charge is -2.19. The molecule has 4 nitrogen and oxygen atoms in total. The third-order valence-corrected chi connectivity index (χ3v) is 3.14. The van der Waals surface area contributed by atoms with Crippen molar-refractivity contribution in [3.8, 4) is 0 Å². The average Bonchev–Trinajstić information content (AvgIpc) is 2.74. The summed E-state index contributed by atoms with van der Waals surface area (Å²) >= 11 is 0. The highest BCUT2D eigenvalue weighted by Crippen LogP contribution is 2.36. The Morgan fingerprint density at radius 2 is 2.40 bits per heavy atom. The maximum atomic E-state index is 10.3.